The lowest BCUT2D eigenvalue weighted by atomic mass is 10.0. The maximum absolute atomic E-state index is 5.03. The molecule has 1 fully saturated rings. The summed E-state index contributed by atoms with van der Waals surface area (Å²) >= 11 is 0. The fraction of sp³-hybridized carbons (Fsp3) is 1.00. The molecule has 3 nitrogen and oxygen atoms in total. The van der Waals surface area contributed by atoms with Gasteiger partial charge < -0.3 is 10.1 Å². The van der Waals surface area contributed by atoms with Crippen molar-refractivity contribution in [3.05, 3.63) is 0 Å². The maximum atomic E-state index is 5.03. The van der Waals surface area contributed by atoms with Gasteiger partial charge in [-0.15, -0.1) is 0 Å². The van der Waals surface area contributed by atoms with Gasteiger partial charge in [-0.05, 0) is 53.1 Å². The average molecular weight is 228 g/mol. The van der Waals surface area contributed by atoms with Crippen molar-refractivity contribution in [3.63, 3.8) is 0 Å². The van der Waals surface area contributed by atoms with E-state index in [9.17, 15) is 0 Å². The van der Waals surface area contributed by atoms with Crippen LogP contribution >= 0.6 is 0 Å². The molecule has 1 aliphatic rings. The number of nitrogens with one attached hydrogen (secondary N) is 1. The minimum atomic E-state index is 0.396. The SMILES string of the molecule is COCCCNCC(C)N1CCCC1(C)C. The maximum Gasteiger partial charge on any atom is 0.0474 e. The van der Waals surface area contributed by atoms with Crippen LogP contribution in [0.1, 0.15) is 40.0 Å². The van der Waals surface area contributed by atoms with Crippen LogP contribution < -0.4 is 5.32 Å². The van der Waals surface area contributed by atoms with Crippen molar-refractivity contribution in [1.29, 1.82) is 0 Å². The quantitative estimate of drug-likeness (QED) is 0.673. The summed E-state index contributed by atoms with van der Waals surface area (Å²) in [6, 6.07) is 0.639. The van der Waals surface area contributed by atoms with E-state index in [-0.39, 0.29) is 0 Å². The van der Waals surface area contributed by atoms with Crippen LogP contribution in [0.5, 0.6) is 0 Å². The van der Waals surface area contributed by atoms with Crippen LogP contribution in [-0.2, 0) is 4.74 Å². The van der Waals surface area contributed by atoms with Crippen LogP contribution in [0.25, 0.3) is 0 Å². The molecule has 1 rings (SSSR count). The number of nitrogens with zero attached hydrogens (tertiary/aromatic N) is 1. The molecule has 0 aromatic heterocycles. The minimum absolute atomic E-state index is 0.396. The minimum Gasteiger partial charge on any atom is -0.385 e. The van der Waals surface area contributed by atoms with E-state index in [2.05, 4.69) is 31.0 Å². The average Bonchev–Trinajstić information content (AvgIpc) is 2.57. The predicted molar refractivity (Wildman–Crippen MR) is 68.8 cm³/mol. The van der Waals surface area contributed by atoms with Crippen molar-refractivity contribution in [2.75, 3.05) is 33.4 Å². The Kier molecular flexibility index (Phi) is 5.73. The molecular formula is C13H28N2O. The molecule has 1 atom stereocenters. The van der Waals surface area contributed by atoms with Crippen molar-refractivity contribution in [1.82, 2.24) is 10.2 Å². The normalized spacial score (nSPS) is 22.5. The Balaban J connectivity index is 2.17. The van der Waals surface area contributed by atoms with E-state index in [1.807, 2.05) is 0 Å². The highest BCUT2D eigenvalue weighted by Crippen LogP contribution is 2.29. The number of hydrogen-bond donors (Lipinski definition) is 1. The third kappa shape index (κ3) is 4.04. The van der Waals surface area contributed by atoms with Crippen molar-refractivity contribution >= 4 is 0 Å². The number of rotatable bonds is 7. The van der Waals surface area contributed by atoms with E-state index in [0.29, 0.717) is 11.6 Å². The Morgan fingerprint density at radius 3 is 2.75 bits per heavy atom. The zero-order valence-electron chi connectivity index (χ0n) is 11.4. The molecule has 1 N–H and O–H groups in total. The van der Waals surface area contributed by atoms with Gasteiger partial charge in [-0.3, -0.25) is 4.90 Å². The lowest BCUT2D eigenvalue weighted by molar-refractivity contribution is 0.122. The molecule has 0 aromatic carbocycles. The van der Waals surface area contributed by atoms with Gasteiger partial charge >= 0.3 is 0 Å². The first-order valence-electron chi connectivity index (χ1n) is 6.54. The highest BCUT2D eigenvalue weighted by Gasteiger charge is 2.34. The van der Waals surface area contributed by atoms with Gasteiger partial charge in [0, 0.05) is 31.8 Å². The van der Waals surface area contributed by atoms with Crippen molar-refractivity contribution in [3.8, 4) is 0 Å². The number of methoxy groups -OCH3 is 1. The molecule has 16 heavy (non-hydrogen) atoms. The lowest BCUT2D eigenvalue weighted by Gasteiger charge is -2.36. The van der Waals surface area contributed by atoms with Gasteiger partial charge in [-0.2, -0.15) is 0 Å². The second-order valence-corrected chi connectivity index (χ2v) is 5.51. The summed E-state index contributed by atoms with van der Waals surface area (Å²) in [6.07, 6.45) is 3.79. The van der Waals surface area contributed by atoms with Gasteiger partial charge in [0.15, 0.2) is 0 Å². The van der Waals surface area contributed by atoms with Crippen LogP contribution in [0.2, 0.25) is 0 Å². The molecule has 0 aromatic rings. The first-order chi connectivity index (χ1) is 7.58. The number of ether oxygens (including phenoxy) is 1. The molecule has 0 aliphatic carbocycles. The van der Waals surface area contributed by atoms with Crippen LogP contribution in [0, 0.1) is 0 Å². The van der Waals surface area contributed by atoms with E-state index in [4.69, 9.17) is 4.74 Å². The second-order valence-electron chi connectivity index (χ2n) is 5.51. The molecule has 0 amide bonds. The summed E-state index contributed by atoms with van der Waals surface area (Å²) in [4.78, 5) is 2.64. The van der Waals surface area contributed by atoms with Crippen molar-refractivity contribution < 1.29 is 4.74 Å². The van der Waals surface area contributed by atoms with Crippen LogP contribution in [0.3, 0.4) is 0 Å². The smallest absolute Gasteiger partial charge is 0.0474 e. The Labute approximate surface area is 101 Å². The molecule has 1 aliphatic heterocycles. The summed E-state index contributed by atoms with van der Waals surface area (Å²) in [5.74, 6) is 0. The Morgan fingerprint density at radius 2 is 2.19 bits per heavy atom. The van der Waals surface area contributed by atoms with Gasteiger partial charge in [-0.25, -0.2) is 0 Å². The third-order valence-electron chi connectivity index (χ3n) is 3.64. The topological polar surface area (TPSA) is 24.5 Å². The summed E-state index contributed by atoms with van der Waals surface area (Å²) < 4.78 is 5.03. The predicted octanol–water partition coefficient (Wildman–Crippen LogP) is 1.88. The molecule has 1 saturated heterocycles. The summed E-state index contributed by atoms with van der Waals surface area (Å²) in [7, 11) is 1.76. The van der Waals surface area contributed by atoms with Crippen LogP contribution in [-0.4, -0.2) is 49.8 Å². The molecular weight excluding hydrogens is 200 g/mol. The monoisotopic (exact) mass is 228 g/mol. The fourth-order valence-electron chi connectivity index (χ4n) is 2.71. The van der Waals surface area contributed by atoms with E-state index >= 15 is 0 Å². The van der Waals surface area contributed by atoms with E-state index in [0.717, 1.165) is 26.1 Å². The van der Waals surface area contributed by atoms with Crippen LogP contribution in [0.15, 0.2) is 0 Å². The largest absolute Gasteiger partial charge is 0.385 e. The highest BCUT2D eigenvalue weighted by atomic mass is 16.5. The van der Waals surface area contributed by atoms with E-state index in [1.165, 1.54) is 19.4 Å². The van der Waals surface area contributed by atoms with E-state index in [1.54, 1.807) is 7.11 Å². The third-order valence-corrected chi connectivity index (χ3v) is 3.64. The summed E-state index contributed by atoms with van der Waals surface area (Å²) in [5, 5.41) is 3.51. The Hall–Kier alpha value is -0.120. The van der Waals surface area contributed by atoms with Crippen molar-refractivity contribution in [2.45, 2.75) is 51.6 Å². The molecule has 3 heteroatoms. The standard InChI is InChI=1S/C13H28N2O/c1-12(11-14-8-6-10-16-4)15-9-5-7-13(15,2)3/h12,14H,5-11H2,1-4H3. The van der Waals surface area contributed by atoms with Crippen molar-refractivity contribution in [2.24, 2.45) is 0 Å². The first kappa shape index (κ1) is 13.9. The highest BCUT2D eigenvalue weighted by molar-refractivity contribution is 4.91. The van der Waals surface area contributed by atoms with Gasteiger partial charge in [0.25, 0.3) is 0 Å². The van der Waals surface area contributed by atoms with Crippen LogP contribution in [0.4, 0.5) is 0 Å². The Morgan fingerprint density at radius 1 is 1.44 bits per heavy atom. The first-order valence-corrected chi connectivity index (χ1v) is 6.54. The Bertz CT molecular complexity index is 194. The van der Waals surface area contributed by atoms with E-state index < -0.39 is 0 Å². The van der Waals surface area contributed by atoms with Gasteiger partial charge in [-0.1, -0.05) is 0 Å². The summed E-state index contributed by atoms with van der Waals surface area (Å²) in [6.45, 7) is 11.3. The number of hydrogen-bond acceptors (Lipinski definition) is 3. The molecule has 0 bridgehead atoms. The zero-order chi connectivity index (χ0) is 12.0. The molecule has 1 heterocycles. The fourth-order valence-corrected chi connectivity index (χ4v) is 2.71. The lowest BCUT2D eigenvalue weighted by Crippen LogP contribution is -2.48. The molecule has 96 valence electrons. The zero-order valence-corrected chi connectivity index (χ0v) is 11.4. The number of likely N-dealkylation sites (tertiary alicyclic amines) is 1. The second kappa shape index (κ2) is 6.58. The molecule has 0 spiro atoms. The molecule has 1 unspecified atom stereocenters. The van der Waals surface area contributed by atoms with Gasteiger partial charge in [0.1, 0.15) is 0 Å². The van der Waals surface area contributed by atoms with Gasteiger partial charge in [0.05, 0.1) is 0 Å². The van der Waals surface area contributed by atoms with Gasteiger partial charge in [0.2, 0.25) is 0 Å². The molecule has 0 radical (unpaired) electrons. The molecule has 0 saturated carbocycles. The summed E-state index contributed by atoms with van der Waals surface area (Å²) in [5.41, 5.74) is 0.396.